The molecule has 0 saturated carbocycles. The highest BCUT2D eigenvalue weighted by molar-refractivity contribution is 6.31. The number of rotatable bonds is 1. The Labute approximate surface area is 122 Å². The molecule has 0 spiro atoms. The number of nitrogens with zero attached hydrogens (tertiary/aromatic N) is 1. The van der Waals surface area contributed by atoms with Crippen LogP contribution >= 0.6 is 11.6 Å². The molecular formula is C17H13ClN2. The van der Waals surface area contributed by atoms with Gasteiger partial charge in [-0.2, -0.15) is 0 Å². The largest absolute Gasteiger partial charge is 0.371 e. The average Bonchev–Trinajstić information content (AvgIpc) is 2.97. The number of fused-ring (bicyclic) bond motifs is 3. The van der Waals surface area contributed by atoms with Crippen LogP contribution in [0.15, 0.2) is 66.9 Å². The molecule has 20 heavy (non-hydrogen) atoms. The number of hydrogen-bond donors (Lipinski definition) is 1. The zero-order valence-corrected chi connectivity index (χ0v) is 11.5. The molecule has 0 saturated heterocycles. The molecule has 2 heterocycles. The summed E-state index contributed by atoms with van der Waals surface area (Å²) in [4.78, 5) is 0. The number of hydrogen-bond acceptors (Lipinski definition) is 1. The van der Waals surface area contributed by atoms with Gasteiger partial charge in [-0.05, 0) is 35.9 Å². The van der Waals surface area contributed by atoms with Gasteiger partial charge in [0.25, 0.3) is 0 Å². The van der Waals surface area contributed by atoms with Gasteiger partial charge in [0.1, 0.15) is 0 Å². The van der Waals surface area contributed by atoms with Crippen molar-refractivity contribution in [3.63, 3.8) is 0 Å². The van der Waals surface area contributed by atoms with E-state index in [0.717, 1.165) is 16.3 Å². The summed E-state index contributed by atoms with van der Waals surface area (Å²) in [6.07, 6.45) is 2.10. The Morgan fingerprint density at radius 3 is 2.60 bits per heavy atom. The fraction of sp³-hybridized carbons (Fsp3) is 0.0588. The second-order valence-corrected chi connectivity index (χ2v) is 5.33. The van der Waals surface area contributed by atoms with E-state index in [2.05, 4.69) is 52.5 Å². The minimum atomic E-state index is 0.0774. The third-order valence-corrected chi connectivity index (χ3v) is 4.10. The van der Waals surface area contributed by atoms with E-state index in [0.29, 0.717) is 0 Å². The zero-order chi connectivity index (χ0) is 13.5. The quantitative estimate of drug-likeness (QED) is 0.687. The van der Waals surface area contributed by atoms with Crippen molar-refractivity contribution in [1.29, 1.82) is 0 Å². The van der Waals surface area contributed by atoms with Crippen molar-refractivity contribution in [3.05, 3.63) is 83.1 Å². The fourth-order valence-corrected chi connectivity index (χ4v) is 3.08. The number of nitrogens with one attached hydrogen (secondary N) is 1. The molecule has 3 heteroatoms. The van der Waals surface area contributed by atoms with Gasteiger partial charge in [0.15, 0.2) is 0 Å². The summed E-state index contributed by atoms with van der Waals surface area (Å²) in [7, 11) is 0. The summed E-state index contributed by atoms with van der Waals surface area (Å²) < 4.78 is 2.22. The first-order valence-corrected chi connectivity index (χ1v) is 7.00. The van der Waals surface area contributed by atoms with Gasteiger partial charge in [-0.3, -0.25) is 0 Å². The van der Waals surface area contributed by atoms with E-state index in [9.17, 15) is 0 Å². The molecule has 2 nitrogen and oxygen atoms in total. The highest BCUT2D eigenvalue weighted by atomic mass is 35.5. The third-order valence-electron chi connectivity index (χ3n) is 3.76. The van der Waals surface area contributed by atoms with Crippen molar-refractivity contribution in [2.45, 2.75) is 6.04 Å². The molecule has 0 radical (unpaired) electrons. The summed E-state index contributed by atoms with van der Waals surface area (Å²) >= 11 is 6.37. The average molecular weight is 281 g/mol. The van der Waals surface area contributed by atoms with Crippen LogP contribution in [0.1, 0.15) is 17.3 Å². The van der Waals surface area contributed by atoms with Gasteiger partial charge in [-0.15, -0.1) is 0 Å². The van der Waals surface area contributed by atoms with Gasteiger partial charge in [0.05, 0.1) is 17.4 Å². The molecule has 98 valence electrons. The minimum Gasteiger partial charge on any atom is -0.371 e. The normalized spacial score (nSPS) is 16.1. The minimum absolute atomic E-state index is 0.0774. The predicted molar refractivity (Wildman–Crippen MR) is 82.7 cm³/mol. The molecule has 0 amide bonds. The topological polar surface area (TPSA) is 17.0 Å². The molecule has 2 aromatic carbocycles. The molecule has 1 atom stereocenters. The first kappa shape index (κ1) is 11.6. The van der Waals surface area contributed by atoms with Crippen molar-refractivity contribution < 1.29 is 0 Å². The van der Waals surface area contributed by atoms with E-state index in [1.165, 1.54) is 11.4 Å². The molecule has 0 aliphatic carbocycles. The Morgan fingerprint density at radius 1 is 0.900 bits per heavy atom. The van der Waals surface area contributed by atoms with E-state index >= 15 is 0 Å². The van der Waals surface area contributed by atoms with Gasteiger partial charge in [-0.1, -0.05) is 41.9 Å². The van der Waals surface area contributed by atoms with Crippen molar-refractivity contribution >= 4 is 17.3 Å². The number of anilines is 1. The molecular weight excluding hydrogens is 268 g/mol. The Kier molecular flexibility index (Phi) is 2.57. The Morgan fingerprint density at radius 2 is 1.70 bits per heavy atom. The number of para-hydroxylation sites is 2. The highest BCUT2D eigenvalue weighted by Gasteiger charge is 2.25. The lowest BCUT2D eigenvalue weighted by atomic mass is 10.0. The van der Waals surface area contributed by atoms with Gasteiger partial charge in [0, 0.05) is 16.9 Å². The number of aromatic nitrogens is 1. The van der Waals surface area contributed by atoms with E-state index in [-0.39, 0.29) is 6.04 Å². The smallest absolute Gasteiger partial charge is 0.0938 e. The summed E-state index contributed by atoms with van der Waals surface area (Å²) in [5.41, 5.74) is 4.61. The highest BCUT2D eigenvalue weighted by Crippen LogP contribution is 2.38. The van der Waals surface area contributed by atoms with Crippen molar-refractivity contribution in [2.75, 3.05) is 5.32 Å². The summed E-state index contributed by atoms with van der Waals surface area (Å²) in [5.74, 6) is 0. The third kappa shape index (κ3) is 1.65. The SMILES string of the molecule is Clc1ccccc1C1Nc2ccccc2-n2cccc21. The summed E-state index contributed by atoms with van der Waals surface area (Å²) in [5, 5.41) is 4.38. The van der Waals surface area contributed by atoms with Crippen LogP contribution in [-0.2, 0) is 0 Å². The predicted octanol–water partition coefficient (Wildman–Crippen LogP) is 4.65. The Bertz CT molecular complexity index is 776. The molecule has 3 aromatic rings. The second-order valence-electron chi connectivity index (χ2n) is 4.92. The van der Waals surface area contributed by atoms with Crippen LogP contribution in [0.2, 0.25) is 5.02 Å². The van der Waals surface area contributed by atoms with Crippen LogP contribution in [0.4, 0.5) is 5.69 Å². The van der Waals surface area contributed by atoms with Gasteiger partial charge < -0.3 is 9.88 Å². The lowest BCUT2D eigenvalue weighted by molar-refractivity contribution is 0.810. The fourth-order valence-electron chi connectivity index (χ4n) is 2.83. The van der Waals surface area contributed by atoms with E-state index in [4.69, 9.17) is 11.6 Å². The second kappa shape index (κ2) is 4.43. The lowest BCUT2D eigenvalue weighted by Crippen LogP contribution is -2.22. The van der Waals surface area contributed by atoms with Crippen LogP contribution in [0, 0.1) is 0 Å². The van der Waals surface area contributed by atoms with E-state index in [1.807, 2.05) is 24.3 Å². The maximum absolute atomic E-state index is 6.37. The first-order valence-electron chi connectivity index (χ1n) is 6.62. The zero-order valence-electron chi connectivity index (χ0n) is 10.8. The molecule has 1 aliphatic heterocycles. The molecule has 0 fully saturated rings. The van der Waals surface area contributed by atoms with Crippen LogP contribution in [0.25, 0.3) is 5.69 Å². The van der Waals surface area contributed by atoms with Crippen LogP contribution < -0.4 is 5.32 Å². The van der Waals surface area contributed by atoms with Gasteiger partial charge >= 0.3 is 0 Å². The molecule has 1 unspecified atom stereocenters. The van der Waals surface area contributed by atoms with Crippen LogP contribution in [0.5, 0.6) is 0 Å². The van der Waals surface area contributed by atoms with Crippen LogP contribution in [-0.4, -0.2) is 4.57 Å². The maximum atomic E-state index is 6.37. The lowest BCUT2D eigenvalue weighted by Gasteiger charge is -2.30. The number of benzene rings is 2. The Balaban J connectivity index is 1.92. The van der Waals surface area contributed by atoms with E-state index in [1.54, 1.807) is 0 Å². The number of halogens is 1. The van der Waals surface area contributed by atoms with Gasteiger partial charge in [-0.25, -0.2) is 0 Å². The first-order chi connectivity index (χ1) is 9.84. The molecule has 4 rings (SSSR count). The standard InChI is InChI=1S/C17H13ClN2/c18-13-7-2-1-6-12(13)17-16-10-5-11-20(16)15-9-4-3-8-14(15)19-17/h1-11,17,19H. The van der Waals surface area contributed by atoms with Gasteiger partial charge in [0.2, 0.25) is 0 Å². The molecule has 1 aliphatic rings. The molecule has 1 aromatic heterocycles. The van der Waals surface area contributed by atoms with Crippen molar-refractivity contribution in [2.24, 2.45) is 0 Å². The van der Waals surface area contributed by atoms with Crippen LogP contribution in [0.3, 0.4) is 0 Å². The van der Waals surface area contributed by atoms with Crippen molar-refractivity contribution in [1.82, 2.24) is 4.57 Å². The Hall–Kier alpha value is -2.19. The van der Waals surface area contributed by atoms with E-state index < -0.39 is 0 Å². The summed E-state index contributed by atoms with van der Waals surface area (Å²) in [6, 6.07) is 20.6. The summed E-state index contributed by atoms with van der Waals surface area (Å²) in [6.45, 7) is 0. The molecule has 0 bridgehead atoms. The maximum Gasteiger partial charge on any atom is 0.0938 e. The van der Waals surface area contributed by atoms with Crippen molar-refractivity contribution in [3.8, 4) is 5.69 Å². The molecule has 1 N–H and O–H groups in total. The monoisotopic (exact) mass is 280 g/mol.